The summed E-state index contributed by atoms with van der Waals surface area (Å²) in [5, 5.41) is 10.9. The molecule has 0 saturated carbocycles. The van der Waals surface area contributed by atoms with Crippen LogP contribution in [-0.4, -0.2) is 47.0 Å². The maximum absolute atomic E-state index is 12.0. The number of halogens is 2. The Morgan fingerprint density at radius 2 is 2.17 bits per heavy atom. The van der Waals surface area contributed by atoms with Crippen LogP contribution in [0.5, 0.6) is 0 Å². The normalized spacial score (nSPS) is 10.2. The molecule has 0 bridgehead atoms. The predicted octanol–water partition coefficient (Wildman–Crippen LogP) is 1.51. The van der Waals surface area contributed by atoms with E-state index in [9.17, 15) is 18.4 Å². The Bertz CT molecular complexity index is 436. The van der Waals surface area contributed by atoms with Crippen LogP contribution in [0, 0.1) is 0 Å². The first-order chi connectivity index (χ1) is 8.40. The van der Waals surface area contributed by atoms with Crippen LogP contribution in [0.15, 0.2) is 18.3 Å². The number of urea groups is 1. The van der Waals surface area contributed by atoms with E-state index in [0.717, 1.165) is 11.1 Å². The minimum atomic E-state index is -2.62. The second-order valence-corrected chi connectivity index (χ2v) is 3.44. The van der Waals surface area contributed by atoms with Crippen molar-refractivity contribution in [2.45, 2.75) is 6.43 Å². The van der Waals surface area contributed by atoms with Crippen LogP contribution in [0.1, 0.15) is 10.5 Å². The first kappa shape index (κ1) is 13.8. The van der Waals surface area contributed by atoms with Gasteiger partial charge in [-0.1, -0.05) is 0 Å². The highest BCUT2D eigenvalue weighted by atomic mass is 19.3. The van der Waals surface area contributed by atoms with Gasteiger partial charge in [-0.25, -0.2) is 23.4 Å². The number of carboxylic acids is 1. The van der Waals surface area contributed by atoms with Gasteiger partial charge in [-0.2, -0.15) is 0 Å². The Balaban J connectivity index is 2.62. The van der Waals surface area contributed by atoms with Gasteiger partial charge < -0.3 is 15.3 Å². The molecule has 2 N–H and O–H groups in total. The van der Waals surface area contributed by atoms with Crippen molar-refractivity contribution in [2.75, 3.05) is 18.9 Å². The summed E-state index contributed by atoms with van der Waals surface area (Å²) in [6, 6.07) is 1.80. The van der Waals surface area contributed by atoms with Gasteiger partial charge in [0, 0.05) is 7.05 Å². The van der Waals surface area contributed by atoms with Gasteiger partial charge in [0.25, 0.3) is 6.43 Å². The van der Waals surface area contributed by atoms with Gasteiger partial charge in [0.1, 0.15) is 5.69 Å². The Labute approximate surface area is 101 Å². The van der Waals surface area contributed by atoms with Crippen LogP contribution in [-0.2, 0) is 0 Å². The van der Waals surface area contributed by atoms with Crippen molar-refractivity contribution in [3.05, 3.63) is 24.0 Å². The number of carbonyl (C=O) groups is 2. The van der Waals surface area contributed by atoms with Crippen molar-refractivity contribution in [1.29, 1.82) is 0 Å². The summed E-state index contributed by atoms with van der Waals surface area (Å²) < 4.78 is 24.1. The molecule has 1 aromatic rings. The number of aromatic nitrogens is 1. The SMILES string of the molecule is CN(CC(F)F)C(=O)Nc1ccc(C(=O)O)nc1. The lowest BCUT2D eigenvalue weighted by Gasteiger charge is -2.17. The monoisotopic (exact) mass is 259 g/mol. The number of pyridine rings is 1. The summed E-state index contributed by atoms with van der Waals surface area (Å²) in [5.74, 6) is -1.19. The van der Waals surface area contributed by atoms with Crippen LogP contribution < -0.4 is 5.32 Å². The average molecular weight is 259 g/mol. The Kier molecular flexibility index (Phi) is 4.52. The standard InChI is InChI=1S/C10H11F2N3O3/c1-15(5-8(11)12)10(18)14-6-2-3-7(9(16)17)13-4-6/h2-4,8H,5H2,1H3,(H,14,18)(H,16,17). The molecule has 0 spiro atoms. The third kappa shape index (κ3) is 3.96. The number of carbonyl (C=O) groups excluding carboxylic acids is 1. The summed E-state index contributed by atoms with van der Waals surface area (Å²) >= 11 is 0. The highest BCUT2D eigenvalue weighted by Gasteiger charge is 2.14. The largest absolute Gasteiger partial charge is 0.477 e. The minimum Gasteiger partial charge on any atom is -0.477 e. The van der Waals surface area contributed by atoms with E-state index in [1.54, 1.807) is 0 Å². The third-order valence-electron chi connectivity index (χ3n) is 1.99. The second kappa shape index (κ2) is 5.89. The molecule has 0 aliphatic heterocycles. The van der Waals surface area contributed by atoms with Crippen LogP contribution in [0.25, 0.3) is 0 Å². The fourth-order valence-corrected chi connectivity index (χ4v) is 1.10. The molecule has 6 nitrogen and oxygen atoms in total. The molecular formula is C10H11F2N3O3. The number of amides is 2. The number of nitrogens with zero attached hydrogens (tertiary/aromatic N) is 2. The van der Waals surface area contributed by atoms with E-state index in [-0.39, 0.29) is 11.4 Å². The van der Waals surface area contributed by atoms with Gasteiger partial charge in [-0.05, 0) is 12.1 Å². The van der Waals surface area contributed by atoms with Gasteiger partial charge in [-0.15, -0.1) is 0 Å². The van der Waals surface area contributed by atoms with E-state index in [1.165, 1.54) is 19.2 Å². The fourth-order valence-electron chi connectivity index (χ4n) is 1.10. The summed E-state index contributed by atoms with van der Waals surface area (Å²) in [6.07, 6.45) is -1.48. The molecule has 8 heteroatoms. The first-order valence-corrected chi connectivity index (χ1v) is 4.89. The summed E-state index contributed by atoms with van der Waals surface area (Å²) in [7, 11) is 1.22. The topological polar surface area (TPSA) is 82.5 Å². The zero-order valence-electron chi connectivity index (χ0n) is 9.43. The van der Waals surface area contributed by atoms with Crippen molar-refractivity contribution in [3.8, 4) is 0 Å². The second-order valence-electron chi connectivity index (χ2n) is 3.44. The molecule has 1 aromatic heterocycles. The number of carboxylic acid groups (broad SMARTS) is 1. The van der Waals surface area contributed by atoms with Gasteiger partial charge >= 0.3 is 12.0 Å². The molecule has 0 aromatic carbocycles. The van der Waals surface area contributed by atoms with Gasteiger partial charge in [0.05, 0.1) is 18.4 Å². The molecule has 2 amide bonds. The zero-order chi connectivity index (χ0) is 13.7. The van der Waals surface area contributed by atoms with Crippen molar-refractivity contribution >= 4 is 17.7 Å². The first-order valence-electron chi connectivity index (χ1n) is 4.89. The number of hydrogen-bond acceptors (Lipinski definition) is 3. The molecule has 98 valence electrons. The van der Waals surface area contributed by atoms with Gasteiger partial charge in [0.15, 0.2) is 0 Å². The number of rotatable bonds is 4. The lowest BCUT2D eigenvalue weighted by molar-refractivity contribution is 0.0690. The highest BCUT2D eigenvalue weighted by Crippen LogP contribution is 2.07. The highest BCUT2D eigenvalue weighted by molar-refractivity contribution is 5.90. The molecule has 0 aliphatic rings. The average Bonchev–Trinajstić information content (AvgIpc) is 2.28. The lowest BCUT2D eigenvalue weighted by atomic mass is 10.3. The van der Waals surface area contributed by atoms with Crippen molar-refractivity contribution in [1.82, 2.24) is 9.88 Å². The number of alkyl halides is 2. The molecule has 0 saturated heterocycles. The van der Waals surface area contributed by atoms with Crippen molar-refractivity contribution < 1.29 is 23.5 Å². The van der Waals surface area contributed by atoms with E-state index in [0.29, 0.717) is 0 Å². The van der Waals surface area contributed by atoms with E-state index in [2.05, 4.69) is 10.3 Å². The van der Waals surface area contributed by atoms with E-state index in [1.807, 2.05) is 0 Å². The number of nitrogens with one attached hydrogen (secondary N) is 1. The van der Waals surface area contributed by atoms with Crippen LogP contribution in [0.4, 0.5) is 19.3 Å². The molecule has 0 atom stereocenters. The maximum atomic E-state index is 12.0. The zero-order valence-corrected chi connectivity index (χ0v) is 9.43. The third-order valence-corrected chi connectivity index (χ3v) is 1.99. The molecular weight excluding hydrogens is 248 g/mol. The summed E-state index contributed by atoms with van der Waals surface area (Å²) in [4.78, 5) is 26.3. The summed E-state index contributed by atoms with van der Waals surface area (Å²) in [5.41, 5.74) is 0.0556. The van der Waals surface area contributed by atoms with Crippen LogP contribution in [0.3, 0.4) is 0 Å². The van der Waals surface area contributed by atoms with E-state index >= 15 is 0 Å². The quantitative estimate of drug-likeness (QED) is 0.858. The smallest absolute Gasteiger partial charge is 0.354 e. The number of aromatic carboxylic acids is 1. The molecule has 0 fully saturated rings. The van der Waals surface area contributed by atoms with E-state index < -0.39 is 25.0 Å². The van der Waals surface area contributed by atoms with Crippen LogP contribution >= 0.6 is 0 Å². The number of anilines is 1. The number of hydrogen-bond donors (Lipinski definition) is 2. The molecule has 1 rings (SSSR count). The molecule has 0 aliphatic carbocycles. The van der Waals surface area contributed by atoms with Gasteiger partial charge in [0.2, 0.25) is 0 Å². The fraction of sp³-hybridized carbons (Fsp3) is 0.300. The molecule has 0 radical (unpaired) electrons. The summed E-state index contributed by atoms with van der Waals surface area (Å²) in [6.45, 7) is -0.688. The molecule has 18 heavy (non-hydrogen) atoms. The lowest BCUT2D eigenvalue weighted by Crippen LogP contribution is -2.34. The van der Waals surface area contributed by atoms with Crippen LogP contribution in [0.2, 0.25) is 0 Å². The van der Waals surface area contributed by atoms with Crippen molar-refractivity contribution in [2.24, 2.45) is 0 Å². The van der Waals surface area contributed by atoms with E-state index in [4.69, 9.17) is 5.11 Å². The minimum absolute atomic E-state index is 0.172. The predicted molar refractivity (Wildman–Crippen MR) is 58.8 cm³/mol. The van der Waals surface area contributed by atoms with Gasteiger partial charge in [-0.3, -0.25) is 0 Å². The van der Waals surface area contributed by atoms with Crippen molar-refractivity contribution in [3.63, 3.8) is 0 Å². The molecule has 0 unspecified atom stereocenters. The maximum Gasteiger partial charge on any atom is 0.354 e. The Morgan fingerprint density at radius 3 is 2.61 bits per heavy atom. The molecule has 1 heterocycles. The Morgan fingerprint density at radius 1 is 1.50 bits per heavy atom. The Hall–Kier alpha value is -2.25.